The molecule has 7 nitrogen and oxygen atoms in total. The number of para-hydroxylation sites is 1. The number of carbonyl (C=O) groups excluding carboxylic acids is 1. The van der Waals surface area contributed by atoms with Crippen molar-refractivity contribution in [3.63, 3.8) is 0 Å². The monoisotopic (exact) mass is 462 g/mol. The number of benzene rings is 2. The van der Waals surface area contributed by atoms with E-state index in [2.05, 4.69) is 15.5 Å². The molecule has 0 atom stereocenters. The van der Waals surface area contributed by atoms with Crippen LogP contribution in [0.3, 0.4) is 0 Å². The summed E-state index contributed by atoms with van der Waals surface area (Å²) < 4.78 is 27.2. The normalized spacial score (nSPS) is 11.3. The second kappa shape index (κ2) is 9.15. The van der Waals surface area contributed by atoms with Crippen LogP contribution in [0.5, 0.6) is 0 Å². The number of nitrogens with one attached hydrogen (secondary N) is 1. The van der Waals surface area contributed by atoms with Crippen molar-refractivity contribution < 1.29 is 13.2 Å². The minimum atomic E-state index is -3.49. The van der Waals surface area contributed by atoms with E-state index in [0.717, 1.165) is 21.0 Å². The summed E-state index contributed by atoms with van der Waals surface area (Å²) in [6.07, 6.45) is 3.09. The summed E-state index contributed by atoms with van der Waals surface area (Å²) in [5, 5.41) is 11.0. The van der Waals surface area contributed by atoms with E-state index in [4.69, 9.17) is 0 Å². The zero-order chi connectivity index (χ0) is 21.9. The molecule has 1 amide bonds. The number of aryl methyl sites for hydroxylation is 2. The van der Waals surface area contributed by atoms with Crippen LogP contribution in [0.1, 0.15) is 27.0 Å². The fourth-order valence-corrected chi connectivity index (χ4v) is 5.17. The number of sulfonamides is 1. The molecule has 1 aromatic heterocycles. The van der Waals surface area contributed by atoms with Crippen molar-refractivity contribution in [3.05, 3.63) is 64.7 Å². The van der Waals surface area contributed by atoms with Crippen LogP contribution in [0.2, 0.25) is 0 Å². The number of anilines is 2. The molecule has 0 aliphatic rings. The van der Waals surface area contributed by atoms with Crippen molar-refractivity contribution >= 4 is 49.8 Å². The molecule has 30 heavy (non-hydrogen) atoms. The molecule has 1 N–H and O–H groups in total. The molecule has 0 aliphatic carbocycles. The Balaban J connectivity index is 1.80. The third-order valence-corrected chi connectivity index (χ3v) is 7.36. The first-order chi connectivity index (χ1) is 14.2. The van der Waals surface area contributed by atoms with E-state index in [-0.39, 0.29) is 12.5 Å². The fourth-order valence-electron chi connectivity index (χ4n) is 3.00. The lowest BCUT2D eigenvalue weighted by molar-refractivity contribution is 0.102. The molecule has 0 spiro atoms. The van der Waals surface area contributed by atoms with E-state index in [1.54, 1.807) is 24.3 Å². The lowest BCUT2D eigenvalue weighted by Gasteiger charge is -2.26. The third kappa shape index (κ3) is 5.18. The van der Waals surface area contributed by atoms with E-state index >= 15 is 0 Å². The first-order valence-corrected chi connectivity index (χ1v) is 12.9. The van der Waals surface area contributed by atoms with Gasteiger partial charge in [0.25, 0.3) is 5.91 Å². The van der Waals surface area contributed by atoms with Gasteiger partial charge in [0.05, 0.1) is 18.5 Å². The van der Waals surface area contributed by atoms with Gasteiger partial charge >= 0.3 is 0 Å². The predicted octanol–water partition coefficient (Wildman–Crippen LogP) is 4.10. The quantitative estimate of drug-likeness (QED) is 0.420. The molecule has 0 fully saturated rings. The number of rotatable bonds is 7. The van der Waals surface area contributed by atoms with Gasteiger partial charge in [0.2, 0.25) is 15.2 Å². The Bertz CT molecular complexity index is 1140. The third-order valence-electron chi connectivity index (χ3n) is 4.43. The van der Waals surface area contributed by atoms with Gasteiger partial charge in [-0.2, -0.15) is 0 Å². The average molecular weight is 463 g/mol. The van der Waals surface area contributed by atoms with Crippen LogP contribution in [-0.4, -0.2) is 37.0 Å². The van der Waals surface area contributed by atoms with E-state index < -0.39 is 10.0 Å². The van der Waals surface area contributed by atoms with Crippen LogP contribution in [-0.2, 0) is 16.6 Å². The van der Waals surface area contributed by atoms with Gasteiger partial charge in [-0.05, 0) is 48.9 Å². The number of hydrogen-bond donors (Lipinski definition) is 1. The summed E-state index contributed by atoms with van der Waals surface area (Å²) in [5.41, 5.74) is 3.69. The molecule has 1 heterocycles. The van der Waals surface area contributed by atoms with Gasteiger partial charge in [-0.15, -0.1) is 10.2 Å². The van der Waals surface area contributed by atoms with E-state index in [1.165, 1.54) is 33.7 Å². The van der Waals surface area contributed by atoms with Crippen LogP contribution < -0.4 is 9.62 Å². The van der Waals surface area contributed by atoms with E-state index in [9.17, 15) is 13.2 Å². The summed E-state index contributed by atoms with van der Waals surface area (Å²) >= 11 is 2.77. The maximum atomic E-state index is 12.5. The topological polar surface area (TPSA) is 92.3 Å². The van der Waals surface area contributed by atoms with Gasteiger partial charge in [0, 0.05) is 5.56 Å². The van der Waals surface area contributed by atoms with Crippen molar-refractivity contribution in [2.75, 3.05) is 22.1 Å². The largest absolute Gasteiger partial charge is 0.296 e. The molecule has 10 heteroatoms. The Morgan fingerprint density at radius 3 is 2.27 bits per heavy atom. The number of carbonyl (C=O) groups is 1. The van der Waals surface area contributed by atoms with Crippen LogP contribution in [0.15, 0.2) is 46.8 Å². The molecule has 0 unspecified atom stereocenters. The summed E-state index contributed by atoms with van der Waals surface area (Å²) in [5.74, 6) is -0.292. The highest BCUT2D eigenvalue weighted by Gasteiger charge is 2.21. The van der Waals surface area contributed by atoms with Gasteiger partial charge < -0.3 is 0 Å². The second-order valence-corrected chi connectivity index (χ2v) is 10.7. The molecule has 3 rings (SSSR count). The Morgan fingerprint density at radius 2 is 1.73 bits per heavy atom. The molecule has 0 radical (unpaired) electrons. The molecule has 0 aliphatic heterocycles. The second-order valence-electron chi connectivity index (χ2n) is 6.74. The standard InChI is InChI=1S/C20H22N4O3S3/c1-13-6-5-7-14(2)17(13)24(30(4,26)27)12-15-8-10-16(11-9-15)18(25)21-19-22-23-20(28-3)29-19/h5-11H,12H2,1-4H3,(H,21,22,25). The number of aromatic nitrogens is 2. The highest BCUT2D eigenvalue weighted by Crippen LogP contribution is 2.28. The van der Waals surface area contributed by atoms with Gasteiger partial charge in [-0.25, -0.2) is 8.42 Å². The van der Waals surface area contributed by atoms with Crippen molar-refractivity contribution in [1.82, 2.24) is 10.2 Å². The Labute approximate surface area is 184 Å². The number of thioether (sulfide) groups is 1. The molecule has 0 saturated carbocycles. The average Bonchev–Trinajstić information content (AvgIpc) is 3.14. The number of amides is 1. The number of nitrogens with zero attached hydrogens (tertiary/aromatic N) is 3. The maximum Gasteiger partial charge on any atom is 0.257 e. The summed E-state index contributed by atoms with van der Waals surface area (Å²) in [4.78, 5) is 12.4. The Hall–Kier alpha value is -2.43. The van der Waals surface area contributed by atoms with Crippen molar-refractivity contribution in [1.29, 1.82) is 0 Å². The van der Waals surface area contributed by atoms with Crippen molar-refractivity contribution in [2.45, 2.75) is 24.7 Å². The van der Waals surface area contributed by atoms with Crippen molar-refractivity contribution in [2.24, 2.45) is 0 Å². The van der Waals surface area contributed by atoms with Gasteiger partial charge in [-0.3, -0.25) is 14.4 Å². The molecule has 0 saturated heterocycles. The molecule has 0 bridgehead atoms. The van der Waals surface area contributed by atoms with Crippen LogP contribution in [0.4, 0.5) is 10.8 Å². The van der Waals surface area contributed by atoms with Crippen molar-refractivity contribution in [3.8, 4) is 0 Å². The lowest BCUT2D eigenvalue weighted by atomic mass is 10.1. The highest BCUT2D eigenvalue weighted by atomic mass is 32.2. The number of hydrogen-bond acceptors (Lipinski definition) is 7. The van der Waals surface area contributed by atoms with Crippen LogP contribution in [0, 0.1) is 13.8 Å². The van der Waals surface area contributed by atoms with E-state index in [0.29, 0.717) is 16.4 Å². The first-order valence-electron chi connectivity index (χ1n) is 9.00. The molecule has 3 aromatic rings. The predicted molar refractivity (Wildman–Crippen MR) is 123 cm³/mol. The molecule has 2 aromatic carbocycles. The first kappa shape index (κ1) is 22.3. The highest BCUT2D eigenvalue weighted by molar-refractivity contribution is 8.00. The van der Waals surface area contributed by atoms with Gasteiger partial charge in [0.1, 0.15) is 0 Å². The van der Waals surface area contributed by atoms with Gasteiger partial charge in [0.15, 0.2) is 4.34 Å². The maximum absolute atomic E-state index is 12.5. The minimum absolute atomic E-state index is 0.180. The van der Waals surface area contributed by atoms with E-state index in [1.807, 2.05) is 38.3 Å². The molecule has 158 valence electrons. The molecular formula is C20H22N4O3S3. The smallest absolute Gasteiger partial charge is 0.257 e. The fraction of sp³-hybridized carbons (Fsp3) is 0.250. The van der Waals surface area contributed by atoms with Crippen LogP contribution in [0.25, 0.3) is 0 Å². The molecular weight excluding hydrogens is 440 g/mol. The minimum Gasteiger partial charge on any atom is -0.296 e. The Morgan fingerprint density at radius 1 is 1.10 bits per heavy atom. The summed E-state index contributed by atoms with van der Waals surface area (Å²) in [6.45, 7) is 3.97. The SMILES string of the molecule is CSc1nnc(NC(=O)c2ccc(CN(c3c(C)cccc3C)S(C)(=O)=O)cc2)s1. The summed E-state index contributed by atoms with van der Waals surface area (Å²) in [6, 6.07) is 12.6. The van der Waals surface area contributed by atoms with Gasteiger partial charge in [-0.1, -0.05) is 53.4 Å². The Kier molecular flexibility index (Phi) is 6.79. The van der Waals surface area contributed by atoms with Crippen LogP contribution >= 0.6 is 23.1 Å². The zero-order valence-electron chi connectivity index (χ0n) is 17.0. The zero-order valence-corrected chi connectivity index (χ0v) is 19.5. The summed E-state index contributed by atoms with van der Waals surface area (Å²) in [7, 11) is -3.49. The lowest BCUT2D eigenvalue weighted by Crippen LogP contribution is -2.30.